The van der Waals surface area contributed by atoms with E-state index in [0.29, 0.717) is 6.04 Å². The maximum absolute atomic E-state index is 4.45. The average molecular weight is 272 g/mol. The standard InChI is InChI=1S/C16H24N4/c1-12-8-16-18-10-14(11-20(16)19-12)9-17-13(2)15-6-4-3-5-7-15/h8,10-11,13,15,17H,3-7,9H2,1-2H3/t13-/m0/s1. The molecule has 0 bridgehead atoms. The van der Waals surface area contributed by atoms with Crippen molar-refractivity contribution in [3.8, 4) is 0 Å². The molecule has 1 aliphatic carbocycles. The monoisotopic (exact) mass is 272 g/mol. The minimum atomic E-state index is 0.588. The van der Waals surface area contributed by atoms with E-state index in [2.05, 4.69) is 28.5 Å². The molecule has 0 unspecified atom stereocenters. The third kappa shape index (κ3) is 3.01. The number of aromatic nitrogens is 3. The first-order valence-corrected chi connectivity index (χ1v) is 7.76. The van der Waals surface area contributed by atoms with Gasteiger partial charge in [-0.05, 0) is 32.6 Å². The number of hydrogen-bond acceptors (Lipinski definition) is 3. The van der Waals surface area contributed by atoms with Crippen molar-refractivity contribution in [3.05, 3.63) is 29.7 Å². The number of aryl methyl sites for hydroxylation is 1. The number of nitrogens with zero attached hydrogens (tertiary/aromatic N) is 3. The Hall–Kier alpha value is -1.42. The van der Waals surface area contributed by atoms with Gasteiger partial charge in [-0.3, -0.25) is 0 Å². The second kappa shape index (κ2) is 5.92. The van der Waals surface area contributed by atoms with E-state index in [1.54, 1.807) is 0 Å². The van der Waals surface area contributed by atoms with Crippen molar-refractivity contribution in [1.29, 1.82) is 0 Å². The number of fused-ring (bicyclic) bond motifs is 1. The summed E-state index contributed by atoms with van der Waals surface area (Å²) in [5.74, 6) is 0.840. The van der Waals surface area contributed by atoms with Crippen LogP contribution < -0.4 is 5.32 Å². The van der Waals surface area contributed by atoms with Crippen molar-refractivity contribution in [2.24, 2.45) is 5.92 Å². The van der Waals surface area contributed by atoms with Gasteiger partial charge in [-0.1, -0.05) is 19.3 Å². The van der Waals surface area contributed by atoms with Crippen LogP contribution in [0.4, 0.5) is 0 Å². The minimum absolute atomic E-state index is 0.588. The fourth-order valence-electron chi connectivity index (χ4n) is 3.20. The lowest BCUT2D eigenvalue weighted by Crippen LogP contribution is -2.34. The van der Waals surface area contributed by atoms with Gasteiger partial charge in [0.15, 0.2) is 5.65 Å². The van der Waals surface area contributed by atoms with Crippen LogP contribution >= 0.6 is 0 Å². The predicted molar refractivity (Wildman–Crippen MR) is 80.6 cm³/mol. The molecule has 0 amide bonds. The van der Waals surface area contributed by atoms with Gasteiger partial charge >= 0.3 is 0 Å². The van der Waals surface area contributed by atoms with E-state index in [1.165, 1.54) is 37.7 Å². The second-order valence-corrected chi connectivity index (χ2v) is 6.12. The molecule has 0 radical (unpaired) electrons. The van der Waals surface area contributed by atoms with Gasteiger partial charge in [0.25, 0.3) is 0 Å². The van der Waals surface area contributed by atoms with Crippen LogP contribution in [0.5, 0.6) is 0 Å². The lowest BCUT2D eigenvalue weighted by Gasteiger charge is -2.28. The van der Waals surface area contributed by atoms with Gasteiger partial charge in [0.1, 0.15) is 0 Å². The lowest BCUT2D eigenvalue weighted by molar-refractivity contribution is 0.280. The lowest BCUT2D eigenvalue weighted by atomic mass is 9.84. The molecule has 2 aromatic rings. The van der Waals surface area contributed by atoms with E-state index >= 15 is 0 Å². The summed E-state index contributed by atoms with van der Waals surface area (Å²) in [5, 5.41) is 8.08. The Kier molecular flexibility index (Phi) is 4.01. The van der Waals surface area contributed by atoms with Gasteiger partial charge in [-0.15, -0.1) is 0 Å². The van der Waals surface area contributed by atoms with Gasteiger partial charge in [-0.2, -0.15) is 5.10 Å². The molecule has 1 fully saturated rings. The highest BCUT2D eigenvalue weighted by Gasteiger charge is 2.19. The molecule has 0 spiro atoms. The summed E-state index contributed by atoms with van der Waals surface area (Å²) in [4.78, 5) is 4.45. The summed E-state index contributed by atoms with van der Waals surface area (Å²) < 4.78 is 1.87. The van der Waals surface area contributed by atoms with Crippen LogP contribution in [-0.2, 0) is 6.54 Å². The van der Waals surface area contributed by atoms with E-state index in [1.807, 2.05) is 23.7 Å². The van der Waals surface area contributed by atoms with Gasteiger partial charge < -0.3 is 5.32 Å². The molecule has 4 heteroatoms. The Bertz CT molecular complexity index is 569. The van der Waals surface area contributed by atoms with Gasteiger partial charge in [0.2, 0.25) is 0 Å². The van der Waals surface area contributed by atoms with Crippen molar-refractivity contribution in [2.45, 2.75) is 58.5 Å². The molecule has 1 atom stereocenters. The van der Waals surface area contributed by atoms with Crippen molar-refractivity contribution < 1.29 is 0 Å². The van der Waals surface area contributed by atoms with E-state index in [9.17, 15) is 0 Å². The Morgan fingerprint density at radius 2 is 2.15 bits per heavy atom. The second-order valence-electron chi connectivity index (χ2n) is 6.12. The average Bonchev–Trinajstić information content (AvgIpc) is 2.85. The highest BCUT2D eigenvalue weighted by atomic mass is 15.2. The predicted octanol–water partition coefficient (Wildman–Crippen LogP) is 3.10. The minimum Gasteiger partial charge on any atom is -0.310 e. The van der Waals surface area contributed by atoms with Gasteiger partial charge in [0, 0.05) is 36.6 Å². The molecule has 20 heavy (non-hydrogen) atoms. The SMILES string of the molecule is Cc1cc2ncc(CN[C@@H](C)C3CCCCC3)cn2n1. The largest absolute Gasteiger partial charge is 0.310 e. The van der Waals surface area contributed by atoms with Crippen LogP contribution in [0.15, 0.2) is 18.5 Å². The van der Waals surface area contributed by atoms with E-state index < -0.39 is 0 Å². The summed E-state index contributed by atoms with van der Waals surface area (Å²) in [5.41, 5.74) is 3.13. The maximum atomic E-state index is 4.45. The first-order valence-electron chi connectivity index (χ1n) is 7.76. The van der Waals surface area contributed by atoms with Crippen LogP contribution in [-0.4, -0.2) is 20.6 Å². The molecule has 4 nitrogen and oxygen atoms in total. The fourth-order valence-corrected chi connectivity index (χ4v) is 3.20. The molecule has 0 aromatic carbocycles. The van der Waals surface area contributed by atoms with Crippen LogP contribution in [0.1, 0.15) is 50.3 Å². The third-order valence-electron chi connectivity index (χ3n) is 4.47. The van der Waals surface area contributed by atoms with E-state index in [-0.39, 0.29) is 0 Å². The Balaban J connectivity index is 1.61. The summed E-state index contributed by atoms with van der Waals surface area (Å²) in [6, 6.07) is 2.59. The molecule has 1 saturated carbocycles. The van der Waals surface area contributed by atoms with Gasteiger partial charge in [0.05, 0.1) is 5.69 Å². The van der Waals surface area contributed by atoms with Crippen LogP contribution in [0.2, 0.25) is 0 Å². The first kappa shape index (κ1) is 13.6. The molecule has 1 aliphatic rings. The summed E-state index contributed by atoms with van der Waals surface area (Å²) in [6.45, 7) is 5.19. The maximum Gasteiger partial charge on any atom is 0.155 e. The number of rotatable bonds is 4. The molecular formula is C16H24N4. The summed E-state index contributed by atoms with van der Waals surface area (Å²) in [6.07, 6.45) is 11.0. The molecule has 1 N–H and O–H groups in total. The summed E-state index contributed by atoms with van der Waals surface area (Å²) >= 11 is 0. The molecule has 0 aliphatic heterocycles. The van der Waals surface area contributed by atoms with Crippen molar-refractivity contribution in [3.63, 3.8) is 0 Å². The molecule has 108 valence electrons. The summed E-state index contributed by atoms with van der Waals surface area (Å²) in [7, 11) is 0. The zero-order valence-electron chi connectivity index (χ0n) is 12.5. The molecule has 0 saturated heterocycles. The van der Waals surface area contributed by atoms with Gasteiger partial charge in [-0.25, -0.2) is 9.50 Å². The molecular weight excluding hydrogens is 248 g/mol. The molecule has 2 heterocycles. The zero-order chi connectivity index (χ0) is 13.9. The number of nitrogens with one attached hydrogen (secondary N) is 1. The quantitative estimate of drug-likeness (QED) is 0.930. The topological polar surface area (TPSA) is 42.2 Å². The first-order chi connectivity index (χ1) is 9.72. The van der Waals surface area contributed by atoms with E-state index in [4.69, 9.17) is 0 Å². The van der Waals surface area contributed by atoms with Crippen LogP contribution in [0, 0.1) is 12.8 Å². The Labute approximate surface area is 120 Å². The normalized spacial score (nSPS) is 18.5. The van der Waals surface area contributed by atoms with Crippen molar-refractivity contribution in [2.75, 3.05) is 0 Å². The van der Waals surface area contributed by atoms with Crippen molar-refractivity contribution in [1.82, 2.24) is 19.9 Å². The smallest absolute Gasteiger partial charge is 0.155 e. The van der Waals surface area contributed by atoms with Crippen LogP contribution in [0.3, 0.4) is 0 Å². The third-order valence-corrected chi connectivity index (χ3v) is 4.47. The number of hydrogen-bond donors (Lipinski definition) is 1. The molecule has 2 aromatic heterocycles. The van der Waals surface area contributed by atoms with Crippen LogP contribution in [0.25, 0.3) is 5.65 Å². The Morgan fingerprint density at radius 3 is 2.95 bits per heavy atom. The molecule has 3 rings (SSSR count). The zero-order valence-corrected chi connectivity index (χ0v) is 12.5. The highest BCUT2D eigenvalue weighted by molar-refractivity contribution is 5.38. The van der Waals surface area contributed by atoms with Crippen molar-refractivity contribution >= 4 is 5.65 Å². The van der Waals surface area contributed by atoms with E-state index in [0.717, 1.165) is 23.8 Å². The fraction of sp³-hybridized carbons (Fsp3) is 0.625. The Morgan fingerprint density at radius 1 is 1.35 bits per heavy atom. The highest BCUT2D eigenvalue weighted by Crippen LogP contribution is 2.26.